The van der Waals surface area contributed by atoms with E-state index in [1.54, 1.807) is 0 Å². The van der Waals surface area contributed by atoms with Crippen LogP contribution in [0.1, 0.15) is 45.4 Å². The Bertz CT molecular complexity index is 143. The largest absolute Gasteiger partial charge is 0.328 e. The molecule has 0 saturated heterocycles. The molecule has 0 aromatic carbocycles. The maximum absolute atomic E-state index is 5.75. The molecule has 0 unspecified atom stereocenters. The van der Waals surface area contributed by atoms with Gasteiger partial charge in [-0.2, -0.15) is 0 Å². The Hall–Kier alpha value is -0.0400. The zero-order valence-corrected chi connectivity index (χ0v) is 7.47. The summed E-state index contributed by atoms with van der Waals surface area (Å²) >= 11 is 0. The van der Waals surface area contributed by atoms with Crippen molar-refractivity contribution >= 4 is 0 Å². The summed E-state index contributed by atoms with van der Waals surface area (Å²) in [6, 6.07) is 0.545. The van der Waals surface area contributed by atoms with E-state index in [4.69, 9.17) is 5.73 Å². The molecule has 2 fully saturated rings. The van der Waals surface area contributed by atoms with Gasteiger partial charge < -0.3 is 5.73 Å². The van der Waals surface area contributed by atoms with Gasteiger partial charge in [0.15, 0.2) is 0 Å². The Morgan fingerprint density at radius 1 is 1.36 bits per heavy atom. The van der Waals surface area contributed by atoms with Gasteiger partial charge in [0.2, 0.25) is 0 Å². The molecule has 1 nitrogen and oxygen atoms in total. The molecule has 64 valence electrons. The summed E-state index contributed by atoms with van der Waals surface area (Å²) in [5.74, 6) is 0.982. The first-order valence-corrected chi connectivity index (χ1v) is 4.94. The van der Waals surface area contributed by atoms with E-state index in [2.05, 4.69) is 6.92 Å². The Labute approximate surface area is 69.4 Å². The summed E-state index contributed by atoms with van der Waals surface area (Å²) in [5, 5.41) is 0. The van der Waals surface area contributed by atoms with Crippen LogP contribution < -0.4 is 5.73 Å². The van der Waals surface area contributed by atoms with Gasteiger partial charge in [0.05, 0.1) is 0 Å². The number of hydrogen-bond acceptors (Lipinski definition) is 1. The molecule has 1 heteroatoms. The summed E-state index contributed by atoms with van der Waals surface area (Å²) < 4.78 is 0. The lowest BCUT2D eigenvalue weighted by Gasteiger charge is -2.45. The quantitative estimate of drug-likeness (QED) is 0.647. The first-order valence-electron chi connectivity index (χ1n) is 4.94. The van der Waals surface area contributed by atoms with Crippen molar-refractivity contribution < 1.29 is 0 Å². The molecule has 0 aliphatic heterocycles. The Kier molecular flexibility index (Phi) is 1.71. The zero-order valence-electron chi connectivity index (χ0n) is 7.47. The van der Waals surface area contributed by atoms with Gasteiger partial charge in [-0.05, 0) is 43.4 Å². The third-order valence-electron chi connectivity index (χ3n) is 3.61. The molecular weight excluding hydrogens is 134 g/mol. The van der Waals surface area contributed by atoms with Gasteiger partial charge in [0, 0.05) is 6.04 Å². The lowest BCUT2D eigenvalue weighted by molar-refractivity contribution is 0.0814. The van der Waals surface area contributed by atoms with Crippen molar-refractivity contribution in [3.05, 3.63) is 0 Å². The molecule has 0 atom stereocenters. The van der Waals surface area contributed by atoms with E-state index in [-0.39, 0.29) is 0 Å². The number of hydrogen-bond donors (Lipinski definition) is 1. The highest BCUT2D eigenvalue weighted by Crippen LogP contribution is 2.48. The minimum atomic E-state index is 0.545. The smallest absolute Gasteiger partial charge is 0.00441 e. The molecule has 2 N–H and O–H groups in total. The predicted molar refractivity (Wildman–Crippen MR) is 47.3 cm³/mol. The minimum absolute atomic E-state index is 0.545. The predicted octanol–water partition coefficient (Wildman–Crippen LogP) is 2.30. The maximum atomic E-state index is 5.75. The van der Waals surface area contributed by atoms with E-state index >= 15 is 0 Å². The molecule has 0 bridgehead atoms. The molecule has 0 spiro atoms. The highest BCUT2D eigenvalue weighted by molar-refractivity contribution is 4.91. The summed E-state index contributed by atoms with van der Waals surface area (Å²) in [4.78, 5) is 0. The van der Waals surface area contributed by atoms with E-state index < -0.39 is 0 Å². The van der Waals surface area contributed by atoms with E-state index in [0.29, 0.717) is 6.04 Å². The van der Waals surface area contributed by atoms with Crippen LogP contribution in [0, 0.1) is 11.3 Å². The van der Waals surface area contributed by atoms with Crippen LogP contribution in [0.3, 0.4) is 0 Å². The molecule has 2 saturated carbocycles. The van der Waals surface area contributed by atoms with E-state index in [0.717, 1.165) is 11.3 Å². The van der Waals surface area contributed by atoms with Crippen LogP contribution >= 0.6 is 0 Å². The monoisotopic (exact) mass is 153 g/mol. The number of rotatable bonds is 2. The second-order valence-electron chi connectivity index (χ2n) is 4.97. The average Bonchev–Trinajstić information content (AvgIpc) is 1.81. The topological polar surface area (TPSA) is 26.0 Å². The highest BCUT2D eigenvalue weighted by atomic mass is 14.7. The first-order chi connectivity index (χ1) is 5.18. The first kappa shape index (κ1) is 7.60. The van der Waals surface area contributed by atoms with Gasteiger partial charge in [-0.3, -0.25) is 0 Å². The Morgan fingerprint density at radius 3 is 2.36 bits per heavy atom. The van der Waals surface area contributed by atoms with Gasteiger partial charge in [-0.25, -0.2) is 0 Å². The molecule has 0 heterocycles. The van der Waals surface area contributed by atoms with Crippen LogP contribution in [-0.4, -0.2) is 6.04 Å². The van der Waals surface area contributed by atoms with Crippen molar-refractivity contribution in [2.45, 2.75) is 51.5 Å². The second-order valence-corrected chi connectivity index (χ2v) is 4.97. The van der Waals surface area contributed by atoms with Gasteiger partial charge in [-0.15, -0.1) is 0 Å². The third kappa shape index (κ3) is 1.44. The van der Waals surface area contributed by atoms with Crippen molar-refractivity contribution in [2.24, 2.45) is 17.1 Å². The fourth-order valence-corrected chi connectivity index (χ4v) is 2.64. The Morgan fingerprint density at radius 2 is 2.00 bits per heavy atom. The summed E-state index contributed by atoms with van der Waals surface area (Å²) in [7, 11) is 0. The van der Waals surface area contributed by atoms with E-state index in [1.807, 2.05) is 0 Å². The molecule has 0 radical (unpaired) electrons. The third-order valence-corrected chi connectivity index (χ3v) is 3.61. The molecule has 2 aliphatic carbocycles. The fourth-order valence-electron chi connectivity index (χ4n) is 2.64. The summed E-state index contributed by atoms with van der Waals surface area (Å²) in [5.41, 5.74) is 6.47. The summed E-state index contributed by atoms with van der Waals surface area (Å²) in [6.07, 6.45) is 8.47. The van der Waals surface area contributed by atoms with Gasteiger partial charge >= 0.3 is 0 Å². The maximum Gasteiger partial charge on any atom is 0.00441 e. The Balaban J connectivity index is 1.73. The second kappa shape index (κ2) is 2.48. The number of nitrogens with two attached hydrogens (primary N) is 1. The van der Waals surface area contributed by atoms with Crippen LogP contribution in [0.5, 0.6) is 0 Å². The van der Waals surface area contributed by atoms with Gasteiger partial charge in [-0.1, -0.05) is 13.3 Å². The molecule has 2 rings (SSSR count). The molecule has 2 aliphatic rings. The van der Waals surface area contributed by atoms with Gasteiger partial charge in [0.25, 0.3) is 0 Å². The summed E-state index contributed by atoms with van der Waals surface area (Å²) in [6.45, 7) is 2.44. The lowest BCUT2D eigenvalue weighted by Crippen LogP contribution is -2.40. The van der Waals surface area contributed by atoms with Crippen molar-refractivity contribution in [2.75, 3.05) is 0 Å². The normalized spacial score (nSPS) is 40.9. The lowest BCUT2D eigenvalue weighted by atomic mass is 9.62. The van der Waals surface area contributed by atoms with Crippen molar-refractivity contribution in [1.29, 1.82) is 0 Å². The van der Waals surface area contributed by atoms with Crippen LogP contribution in [-0.2, 0) is 0 Å². The van der Waals surface area contributed by atoms with Crippen LogP contribution in [0.15, 0.2) is 0 Å². The fraction of sp³-hybridized carbons (Fsp3) is 1.00. The van der Waals surface area contributed by atoms with Crippen molar-refractivity contribution in [3.8, 4) is 0 Å². The zero-order chi connectivity index (χ0) is 7.90. The highest BCUT2D eigenvalue weighted by Gasteiger charge is 2.37. The van der Waals surface area contributed by atoms with Crippen molar-refractivity contribution in [3.63, 3.8) is 0 Å². The van der Waals surface area contributed by atoms with E-state index in [1.165, 1.54) is 38.5 Å². The van der Waals surface area contributed by atoms with Crippen LogP contribution in [0.25, 0.3) is 0 Å². The standard InChI is InChI=1S/C10H19N/c1-10(3-2-4-10)7-8-5-9(11)6-8/h8-9H,2-7,11H2,1H3. The SMILES string of the molecule is CC1(CC2CC(N)C2)CCC1. The van der Waals surface area contributed by atoms with Gasteiger partial charge in [0.1, 0.15) is 0 Å². The molecule has 0 amide bonds. The van der Waals surface area contributed by atoms with Crippen molar-refractivity contribution in [1.82, 2.24) is 0 Å². The molecule has 11 heavy (non-hydrogen) atoms. The molecule has 0 aromatic rings. The molecular formula is C10H19N. The average molecular weight is 153 g/mol. The minimum Gasteiger partial charge on any atom is -0.328 e. The molecule has 0 aromatic heterocycles. The van der Waals surface area contributed by atoms with E-state index in [9.17, 15) is 0 Å². The van der Waals surface area contributed by atoms with Crippen LogP contribution in [0.4, 0.5) is 0 Å². The van der Waals surface area contributed by atoms with Crippen LogP contribution in [0.2, 0.25) is 0 Å².